The molecule has 122 valence electrons. The summed E-state index contributed by atoms with van der Waals surface area (Å²) in [6.45, 7) is 1.08. The maximum atomic E-state index is 6.18. The van der Waals surface area contributed by atoms with Gasteiger partial charge >= 0.3 is 0 Å². The Kier molecular flexibility index (Phi) is 6.84. The molecule has 6 heteroatoms. The standard InChI is InChI=1S/C17H21ClN4O/c1-23-16(14-7-2-3-8-15(14)18)12-22-17(19)21-11-9-13-6-4-5-10-20-13/h2-8,10,16H,9,11-12H2,1H3,(H3,19,21,22). The maximum Gasteiger partial charge on any atom is 0.188 e. The van der Waals surface area contributed by atoms with E-state index in [1.165, 1.54) is 0 Å². The normalized spacial score (nSPS) is 12.9. The summed E-state index contributed by atoms with van der Waals surface area (Å²) >= 11 is 6.18. The fourth-order valence-electron chi connectivity index (χ4n) is 2.14. The molecule has 1 aromatic heterocycles. The van der Waals surface area contributed by atoms with Crippen molar-refractivity contribution in [3.8, 4) is 0 Å². The minimum absolute atomic E-state index is 0.222. The Morgan fingerprint density at radius 2 is 2.09 bits per heavy atom. The molecule has 2 aromatic rings. The van der Waals surface area contributed by atoms with Gasteiger partial charge in [-0.1, -0.05) is 35.9 Å². The Balaban J connectivity index is 1.84. The van der Waals surface area contributed by atoms with Crippen molar-refractivity contribution < 1.29 is 4.74 Å². The fourth-order valence-corrected chi connectivity index (χ4v) is 2.40. The van der Waals surface area contributed by atoms with Crippen LogP contribution in [0.4, 0.5) is 0 Å². The van der Waals surface area contributed by atoms with Crippen LogP contribution in [0.25, 0.3) is 0 Å². The molecule has 3 N–H and O–H groups in total. The number of methoxy groups -OCH3 is 1. The third-order valence-corrected chi connectivity index (χ3v) is 3.72. The molecule has 0 saturated heterocycles. The summed E-state index contributed by atoms with van der Waals surface area (Å²) < 4.78 is 5.46. The van der Waals surface area contributed by atoms with E-state index >= 15 is 0 Å². The Hall–Kier alpha value is -2.11. The number of halogens is 1. The van der Waals surface area contributed by atoms with Gasteiger partial charge in [-0.15, -0.1) is 0 Å². The van der Waals surface area contributed by atoms with Crippen molar-refractivity contribution in [2.45, 2.75) is 12.5 Å². The highest BCUT2D eigenvalue weighted by Crippen LogP contribution is 2.25. The van der Waals surface area contributed by atoms with E-state index < -0.39 is 0 Å². The van der Waals surface area contributed by atoms with Gasteiger partial charge in [-0.25, -0.2) is 0 Å². The van der Waals surface area contributed by atoms with Crippen LogP contribution in [0.2, 0.25) is 5.02 Å². The number of hydrogen-bond donors (Lipinski definition) is 2. The second-order valence-electron chi connectivity index (χ2n) is 4.97. The molecule has 0 radical (unpaired) electrons. The van der Waals surface area contributed by atoms with E-state index in [2.05, 4.69) is 15.3 Å². The SMILES string of the molecule is COC(CN=C(N)NCCc1ccccn1)c1ccccc1Cl. The lowest BCUT2D eigenvalue weighted by molar-refractivity contribution is 0.111. The predicted octanol–water partition coefficient (Wildman–Crippen LogP) is 2.57. The topological polar surface area (TPSA) is 72.5 Å². The Morgan fingerprint density at radius 1 is 1.30 bits per heavy atom. The zero-order valence-electron chi connectivity index (χ0n) is 13.1. The molecule has 0 bridgehead atoms. The van der Waals surface area contributed by atoms with Crippen molar-refractivity contribution in [3.63, 3.8) is 0 Å². The van der Waals surface area contributed by atoms with Gasteiger partial charge in [0.2, 0.25) is 0 Å². The molecule has 2 rings (SSSR count). The van der Waals surface area contributed by atoms with Gasteiger partial charge in [0.15, 0.2) is 5.96 Å². The molecular formula is C17H21ClN4O. The van der Waals surface area contributed by atoms with Gasteiger partial charge in [0, 0.05) is 42.6 Å². The van der Waals surface area contributed by atoms with E-state index in [0.717, 1.165) is 17.7 Å². The van der Waals surface area contributed by atoms with Crippen LogP contribution in [-0.4, -0.2) is 31.1 Å². The van der Waals surface area contributed by atoms with Crippen LogP contribution < -0.4 is 11.1 Å². The van der Waals surface area contributed by atoms with Gasteiger partial charge in [0.1, 0.15) is 6.10 Å². The van der Waals surface area contributed by atoms with Crippen molar-refractivity contribution in [1.82, 2.24) is 10.3 Å². The summed E-state index contributed by atoms with van der Waals surface area (Å²) in [4.78, 5) is 8.58. The van der Waals surface area contributed by atoms with Crippen molar-refractivity contribution in [1.29, 1.82) is 0 Å². The molecule has 5 nitrogen and oxygen atoms in total. The number of guanidine groups is 1. The number of nitrogens with one attached hydrogen (secondary N) is 1. The first-order valence-electron chi connectivity index (χ1n) is 7.41. The van der Waals surface area contributed by atoms with Gasteiger partial charge in [-0.3, -0.25) is 9.98 Å². The van der Waals surface area contributed by atoms with Gasteiger partial charge in [0.25, 0.3) is 0 Å². The number of aliphatic imine (C=N–C) groups is 1. The smallest absolute Gasteiger partial charge is 0.188 e. The zero-order valence-corrected chi connectivity index (χ0v) is 13.8. The van der Waals surface area contributed by atoms with E-state index in [0.29, 0.717) is 24.1 Å². The highest BCUT2D eigenvalue weighted by molar-refractivity contribution is 6.31. The average Bonchev–Trinajstić information content (AvgIpc) is 2.58. The number of nitrogens with zero attached hydrogens (tertiary/aromatic N) is 2. The molecule has 23 heavy (non-hydrogen) atoms. The maximum absolute atomic E-state index is 6.18. The van der Waals surface area contributed by atoms with Crippen molar-refractivity contribution >= 4 is 17.6 Å². The molecular weight excluding hydrogens is 312 g/mol. The lowest BCUT2D eigenvalue weighted by Crippen LogP contribution is -2.33. The lowest BCUT2D eigenvalue weighted by atomic mass is 10.1. The van der Waals surface area contributed by atoms with Gasteiger partial charge < -0.3 is 15.8 Å². The summed E-state index contributed by atoms with van der Waals surface area (Å²) in [5.74, 6) is 0.384. The molecule has 1 heterocycles. The molecule has 1 atom stereocenters. The molecule has 0 aliphatic carbocycles. The number of aromatic nitrogens is 1. The molecule has 0 saturated carbocycles. The molecule has 0 amide bonds. The number of nitrogens with two attached hydrogens (primary N) is 1. The average molecular weight is 333 g/mol. The highest BCUT2D eigenvalue weighted by Gasteiger charge is 2.13. The van der Waals surface area contributed by atoms with Crippen LogP contribution in [0.1, 0.15) is 17.4 Å². The molecule has 0 aliphatic rings. The Bertz CT molecular complexity index is 634. The Labute approximate surface area is 141 Å². The Morgan fingerprint density at radius 3 is 2.78 bits per heavy atom. The van der Waals surface area contributed by atoms with E-state index in [1.54, 1.807) is 13.3 Å². The zero-order chi connectivity index (χ0) is 16.5. The predicted molar refractivity (Wildman–Crippen MR) is 93.6 cm³/mol. The number of benzene rings is 1. The monoisotopic (exact) mass is 332 g/mol. The third-order valence-electron chi connectivity index (χ3n) is 3.38. The first kappa shape index (κ1) is 17.2. The van der Waals surface area contributed by atoms with Crippen LogP contribution in [0.15, 0.2) is 53.7 Å². The van der Waals surface area contributed by atoms with Crippen molar-refractivity contribution in [2.24, 2.45) is 10.7 Å². The van der Waals surface area contributed by atoms with Gasteiger partial charge in [0.05, 0.1) is 6.54 Å². The first-order chi connectivity index (χ1) is 11.2. The van der Waals surface area contributed by atoms with E-state index in [1.807, 2.05) is 42.5 Å². The molecule has 0 fully saturated rings. The second kappa shape index (κ2) is 9.12. The number of ether oxygens (including phenoxy) is 1. The largest absolute Gasteiger partial charge is 0.375 e. The van der Waals surface area contributed by atoms with E-state index in [4.69, 9.17) is 22.1 Å². The molecule has 1 unspecified atom stereocenters. The van der Waals surface area contributed by atoms with Crippen LogP contribution in [0, 0.1) is 0 Å². The molecule has 0 spiro atoms. The van der Waals surface area contributed by atoms with E-state index in [9.17, 15) is 0 Å². The first-order valence-corrected chi connectivity index (χ1v) is 7.79. The summed E-state index contributed by atoms with van der Waals surface area (Å²) in [5.41, 5.74) is 7.80. The fraction of sp³-hybridized carbons (Fsp3) is 0.294. The van der Waals surface area contributed by atoms with Crippen LogP contribution in [0.5, 0.6) is 0 Å². The minimum Gasteiger partial charge on any atom is -0.375 e. The highest BCUT2D eigenvalue weighted by atomic mass is 35.5. The van der Waals surface area contributed by atoms with Gasteiger partial charge in [-0.2, -0.15) is 0 Å². The summed E-state index contributed by atoms with van der Waals surface area (Å²) in [6.07, 6.45) is 2.34. The number of rotatable bonds is 7. The van der Waals surface area contributed by atoms with Crippen LogP contribution in [0.3, 0.4) is 0 Å². The second-order valence-corrected chi connectivity index (χ2v) is 5.38. The van der Waals surface area contributed by atoms with Crippen molar-refractivity contribution in [2.75, 3.05) is 20.2 Å². The molecule has 0 aliphatic heterocycles. The van der Waals surface area contributed by atoms with Crippen LogP contribution in [-0.2, 0) is 11.2 Å². The van der Waals surface area contributed by atoms with Gasteiger partial charge in [-0.05, 0) is 18.2 Å². The minimum atomic E-state index is -0.222. The quantitative estimate of drug-likeness (QED) is 0.604. The lowest BCUT2D eigenvalue weighted by Gasteiger charge is -2.15. The summed E-state index contributed by atoms with van der Waals surface area (Å²) in [7, 11) is 1.63. The van der Waals surface area contributed by atoms with Crippen LogP contribution >= 0.6 is 11.6 Å². The molecule has 1 aromatic carbocycles. The number of hydrogen-bond acceptors (Lipinski definition) is 3. The third kappa shape index (κ3) is 5.54. The number of pyridine rings is 1. The van der Waals surface area contributed by atoms with Crippen molar-refractivity contribution in [3.05, 3.63) is 64.9 Å². The summed E-state index contributed by atoms with van der Waals surface area (Å²) in [5, 5.41) is 3.74. The van der Waals surface area contributed by atoms with E-state index in [-0.39, 0.29) is 6.10 Å². The summed E-state index contributed by atoms with van der Waals surface area (Å²) in [6, 6.07) is 13.4.